The summed E-state index contributed by atoms with van der Waals surface area (Å²) in [6.07, 6.45) is 3.30. The molecule has 2 N–H and O–H groups in total. The molecular weight excluding hydrogens is 200 g/mol. The van der Waals surface area contributed by atoms with Gasteiger partial charge in [-0.2, -0.15) is 5.26 Å². The number of nitrogens with two attached hydrogens (primary N) is 1. The first-order valence-corrected chi connectivity index (χ1v) is 6.03. The van der Waals surface area contributed by atoms with E-state index in [-0.39, 0.29) is 0 Å². The highest BCUT2D eigenvalue weighted by Gasteiger charge is 2.27. The quantitative estimate of drug-likeness (QED) is 0.745. The van der Waals surface area contributed by atoms with Crippen LogP contribution in [0.4, 0.5) is 0 Å². The zero-order valence-corrected chi connectivity index (χ0v) is 10.7. The maximum Gasteiger partial charge on any atom is 0.102 e. The summed E-state index contributed by atoms with van der Waals surface area (Å²) in [6.45, 7) is 5.01. The van der Waals surface area contributed by atoms with E-state index in [2.05, 4.69) is 30.0 Å². The predicted molar refractivity (Wildman–Crippen MR) is 66.0 cm³/mol. The molecule has 4 heteroatoms. The topological polar surface area (TPSA) is 56.3 Å². The molecule has 0 saturated carbocycles. The second kappa shape index (κ2) is 5.62. The van der Waals surface area contributed by atoms with Gasteiger partial charge in [-0.3, -0.25) is 4.90 Å². The fourth-order valence-electron chi connectivity index (χ4n) is 2.25. The lowest BCUT2D eigenvalue weighted by Gasteiger charge is -2.28. The van der Waals surface area contributed by atoms with Crippen LogP contribution in [-0.4, -0.2) is 55.1 Å². The van der Waals surface area contributed by atoms with Gasteiger partial charge >= 0.3 is 0 Å². The van der Waals surface area contributed by atoms with Crippen LogP contribution in [0, 0.1) is 11.3 Å². The Morgan fingerprint density at radius 3 is 2.81 bits per heavy atom. The molecule has 0 spiro atoms. The molecule has 1 fully saturated rings. The van der Waals surface area contributed by atoms with Crippen LogP contribution in [0.1, 0.15) is 26.2 Å². The number of rotatable bonds is 5. The van der Waals surface area contributed by atoms with Gasteiger partial charge in [0.25, 0.3) is 0 Å². The summed E-state index contributed by atoms with van der Waals surface area (Å²) in [4.78, 5) is 4.71. The van der Waals surface area contributed by atoms with E-state index in [4.69, 9.17) is 11.0 Å². The minimum atomic E-state index is -0.675. The number of hydrogen-bond donors (Lipinski definition) is 1. The molecule has 2 unspecified atom stereocenters. The highest BCUT2D eigenvalue weighted by molar-refractivity contribution is 5.01. The molecule has 0 bridgehead atoms. The summed E-state index contributed by atoms with van der Waals surface area (Å²) < 4.78 is 0. The molecule has 1 rings (SSSR count). The van der Waals surface area contributed by atoms with Gasteiger partial charge in [-0.1, -0.05) is 0 Å². The first-order valence-electron chi connectivity index (χ1n) is 6.03. The van der Waals surface area contributed by atoms with E-state index in [9.17, 15) is 0 Å². The minimum Gasteiger partial charge on any atom is -0.314 e. The second-order valence-corrected chi connectivity index (χ2v) is 5.37. The monoisotopic (exact) mass is 224 g/mol. The predicted octanol–water partition coefficient (Wildman–Crippen LogP) is 0.643. The molecule has 0 amide bonds. The third-order valence-corrected chi connectivity index (χ3v) is 3.25. The van der Waals surface area contributed by atoms with Crippen LogP contribution in [-0.2, 0) is 0 Å². The molecule has 1 aliphatic rings. The summed E-state index contributed by atoms with van der Waals surface area (Å²) in [5.74, 6) is 0. The summed E-state index contributed by atoms with van der Waals surface area (Å²) in [7, 11) is 4.22. The largest absolute Gasteiger partial charge is 0.314 e. The first kappa shape index (κ1) is 13.4. The highest BCUT2D eigenvalue weighted by atomic mass is 15.2. The van der Waals surface area contributed by atoms with Crippen LogP contribution in [0.3, 0.4) is 0 Å². The van der Waals surface area contributed by atoms with E-state index >= 15 is 0 Å². The lowest BCUT2D eigenvalue weighted by molar-refractivity contribution is 0.198. The van der Waals surface area contributed by atoms with Crippen molar-refractivity contribution >= 4 is 0 Å². The van der Waals surface area contributed by atoms with Crippen molar-refractivity contribution in [2.45, 2.75) is 37.8 Å². The molecule has 0 radical (unpaired) electrons. The zero-order chi connectivity index (χ0) is 12.2. The van der Waals surface area contributed by atoms with Gasteiger partial charge in [0, 0.05) is 19.1 Å². The third-order valence-electron chi connectivity index (χ3n) is 3.25. The van der Waals surface area contributed by atoms with Crippen LogP contribution >= 0.6 is 0 Å². The smallest absolute Gasteiger partial charge is 0.102 e. The lowest BCUT2D eigenvalue weighted by Crippen LogP contribution is -2.43. The molecule has 16 heavy (non-hydrogen) atoms. The molecule has 0 aromatic carbocycles. The van der Waals surface area contributed by atoms with E-state index in [1.807, 2.05) is 6.92 Å². The fourth-order valence-corrected chi connectivity index (χ4v) is 2.25. The Balaban J connectivity index is 2.39. The van der Waals surface area contributed by atoms with Crippen LogP contribution in [0.2, 0.25) is 0 Å². The maximum absolute atomic E-state index is 8.88. The second-order valence-electron chi connectivity index (χ2n) is 5.37. The SMILES string of the molecule is CN(C)CC1CCCN1CCC(C)(N)C#N. The molecule has 1 heterocycles. The van der Waals surface area contributed by atoms with Gasteiger partial charge in [-0.05, 0) is 46.8 Å². The molecule has 2 atom stereocenters. The van der Waals surface area contributed by atoms with E-state index in [1.165, 1.54) is 12.8 Å². The van der Waals surface area contributed by atoms with E-state index in [1.54, 1.807) is 0 Å². The van der Waals surface area contributed by atoms with Crippen LogP contribution in [0.15, 0.2) is 0 Å². The van der Waals surface area contributed by atoms with E-state index in [0.717, 1.165) is 26.1 Å². The molecule has 92 valence electrons. The molecule has 1 saturated heterocycles. The van der Waals surface area contributed by atoms with Gasteiger partial charge < -0.3 is 10.6 Å². The van der Waals surface area contributed by atoms with Crippen molar-refractivity contribution in [3.63, 3.8) is 0 Å². The lowest BCUT2D eigenvalue weighted by atomic mass is 10.0. The number of likely N-dealkylation sites (tertiary alicyclic amines) is 1. The fraction of sp³-hybridized carbons (Fsp3) is 0.917. The Hall–Kier alpha value is -0.630. The van der Waals surface area contributed by atoms with Crippen molar-refractivity contribution in [1.82, 2.24) is 9.80 Å². The summed E-state index contributed by atoms with van der Waals surface area (Å²) >= 11 is 0. The first-order chi connectivity index (χ1) is 7.44. The molecule has 1 aliphatic heterocycles. The molecule has 0 aliphatic carbocycles. The van der Waals surface area contributed by atoms with Crippen molar-refractivity contribution < 1.29 is 0 Å². The average Bonchev–Trinajstić information content (AvgIpc) is 2.62. The number of hydrogen-bond acceptors (Lipinski definition) is 4. The normalized spacial score (nSPS) is 25.6. The Morgan fingerprint density at radius 2 is 2.25 bits per heavy atom. The Kier molecular flexibility index (Phi) is 4.72. The maximum atomic E-state index is 8.88. The highest BCUT2D eigenvalue weighted by Crippen LogP contribution is 2.19. The van der Waals surface area contributed by atoms with Crippen molar-refractivity contribution in [3.05, 3.63) is 0 Å². The van der Waals surface area contributed by atoms with Gasteiger partial charge in [-0.25, -0.2) is 0 Å². The van der Waals surface area contributed by atoms with Crippen molar-refractivity contribution in [1.29, 1.82) is 5.26 Å². The average molecular weight is 224 g/mol. The Labute approximate surface area is 99.0 Å². The molecule has 0 aromatic heterocycles. The molecular formula is C12H24N4. The van der Waals surface area contributed by atoms with Gasteiger partial charge in [-0.15, -0.1) is 0 Å². The van der Waals surface area contributed by atoms with Gasteiger partial charge in [0.2, 0.25) is 0 Å². The standard InChI is InChI=1S/C12H24N4/c1-12(14,10-13)6-8-16-7-4-5-11(16)9-15(2)3/h11H,4-9,14H2,1-3H3. The Bertz CT molecular complexity index is 254. The molecule has 4 nitrogen and oxygen atoms in total. The van der Waals surface area contributed by atoms with E-state index in [0.29, 0.717) is 6.04 Å². The minimum absolute atomic E-state index is 0.643. The van der Waals surface area contributed by atoms with Gasteiger partial charge in [0.1, 0.15) is 5.54 Å². The summed E-state index contributed by atoms with van der Waals surface area (Å²) in [5, 5.41) is 8.88. The number of nitriles is 1. The number of nitrogens with zero attached hydrogens (tertiary/aromatic N) is 3. The van der Waals surface area contributed by atoms with Crippen molar-refractivity contribution in [3.8, 4) is 6.07 Å². The Morgan fingerprint density at radius 1 is 1.56 bits per heavy atom. The van der Waals surface area contributed by atoms with E-state index < -0.39 is 5.54 Å². The van der Waals surface area contributed by atoms with Crippen molar-refractivity contribution in [2.24, 2.45) is 5.73 Å². The van der Waals surface area contributed by atoms with Gasteiger partial charge in [0.05, 0.1) is 6.07 Å². The summed E-state index contributed by atoms with van der Waals surface area (Å²) in [6, 6.07) is 2.80. The van der Waals surface area contributed by atoms with Crippen molar-refractivity contribution in [2.75, 3.05) is 33.7 Å². The zero-order valence-electron chi connectivity index (χ0n) is 10.7. The van der Waals surface area contributed by atoms with Crippen LogP contribution < -0.4 is 5.73 Å². The number of likely N-dealkylation sites (N-methyl/N-ethyl adjacent to an activating group) is 1. The molecule has 0 aromatic rings. The van der Waals surface area contributed by atoms with Gasteiger partial charge in [0.15, 0.2) is 0 Å². The van der Waals surface area contributed by atoms with Crippen LogP contribution in [0.25, 0.3) is 0 Å². The van der Waals surface area contributed by atoms with Crippen LogP contribution in [0.5, 0.6) is 0 Å². The summed E-state index contributed by atoms with van der Waals surface area (Å²) in [5.41, 5.74) is 5.17. The third kappa shape index (κ3) is 4.09.